The fraction of sp³-hybridized carbons (Fsp3) is 0.545. The van der Waals surface area contributed by atoms with Crippen LogP contribution >= 0.6 is 0 Å². The highest BCUT2D eigenvalue weighted by atomic mass is 16.1. The molecule has 0 aliphatic rings. The Labute approximate surface area is 75.2 Å². The Kier molecular flexibility index (Phi) is 6.35. The monoisotopic (exact) mass is 166 g/mol. The number of hydrogen-bond donors (Lipinski definition) is 0. The quantitative estimate of drug-likeness (QED) is 0.573. The molecule has 0 fully saturated rings. The fourth-order valence-electron chi connectivity index (χ4n) is 0.685. The summed E-state index contributed by atoms with van der Waals surface area (Å²) in [6.07, 6.45) is 9.12. The summed E-state index contributed by atoms with van der Waals surface area (Å²) in [5.74, 6) is 0.598. The van der Waals surface area contributed by atoms with E-state index in [1.54, 1.807) is 12.2 Å². The minimum Gasteiger partial charge on any atom is -0.290 e. The van der Waals surface area contributed by atoms with Crippen molar-refractivity contribution in [1.82, 2.24) is 0 Å². The lowest BCUT2D eigenvalue weighted by molar-refractivity contribution is -0.110. The summed E-state index contributed by atoms with van der Waals surface area (Å²) >= 11 is 0. The molecule has 12 heavy (non-hydrogen) atoms. The van der Waals surface area contributed by atoms with Crippen LogP contribution in [0.4, 0.5) is 0 Å². The van der Waals surface area contributed by atoms with Crippen LogP contribution in [0.25, 0.3) is 0 Å². The van der Waals surface area contributed by atoms with Crippen molar-refractivity contribution in [3.63, 3.8) is 0 Å². The second-order valence-corrected chi connectivity index (χ2v) is 2.96. The number of allylic oxidation sites excluding steroid dienone is 4. The summed E-state index contributed by atoms with van der Waals surface area (Å²) in [5, 5.41) is 0. The lowest BCUT2D eigenvalue weighted by atomic mass is 10.1. The van der Waals surface area contributed by atoms with Crippen LogP contribution in [0.5, 0.6) is 0 Å². The number of ketones is 1. The molecule has 1 atom stereocenters. The van der Waals surface area contributed by atoms with E-state index in [2.05, 4.69) is 13.8 Å². The third-order valence-electron chi connectivity index (χ3n) is 1.75. The van der Waals surface area contributed by atoms with Crippen molar-refractivity contribution in [1.29, 1.82) is 0 Å². The highest BCUT2D eigenvalue weighted by molar-refractivity contribution is 5.99. The molecule has 1 nitrogen and oxygen atoms in total. The maximum Gasteiger partial charge on any atom is 0.178 e. The van der Waals surface area contributed by atoms with Gasteiger partial charge in [0.15, 0.2) is 5.78 Å². The minimum atomic E-state index is 0.0946. The third-order valence-corrected chi connectivity index (χ3v) is 1.75. The van der Waals surface area contributed by atoms with E-state index < -0.39 is 0 Å². The summed E-state index contributed by atoms with van der Waals surface area (Å²) in [5.41, 5.74) is 0. The minimum absolute atomic E-state index is 0.0946. The molecule has 0 heterocycles. The Hall–Kier alpha value is -0.850. The maximum absolute atomic E-state index is 11.0. The summed E-state index contributed by atoms with van der Waals surface area (Å²) in [4.78, 5) is 11.0. The van der Waals surface area contributed by atoms with Crippen molar-refractivity contribution in [2.45, 2.75) is 33.6 Å². The van der Waals surface area contributed by atoms with E-state index in [4.69, 9.17) is 0 Å². The van der Waals surface area contributed by atoms with Crippen LogP contribution in [0.1, 0.15) is 33.6 Å². The number of hydrogen-bond acceptors (Lipinski definition) is 1. The van der Waals surface area contributed by atoms with Gasteiger partial charge in [-0.05, 0) is 24.5 Å². The SMILES string of the molecule is CC/C=C/C(=O)/C=C\C(C)CC. The first-order chi connectivity index (χ1) is 5.70. The predicted octanol–water partition coefficient (Wildman–Crippen LogP) is 3.12. The van der Waals surface area contributed by atoms with Gasteiger partial charge in [-0.1, -0.05) is 39.3 Å². The van der Waals surface area contributed by atoms with Gasteiger partial charge in [0, 0.05) is 0 Å². The second-order valence-electron chi connectivity index (χ2n) is 2.96. The molecule has 0 spiro atoms. The number of carbonyl (C=O) groups is 1. The Morgan fingerprint density at radius 3 is 2.50 bits per heavy atom. The van der Waals surface area contributed by atoms with Gasteiger partial charge in [-0.2, -0.15) is 0 Å². The zero-order valence-corrected chi connectivity index (χ0v) is 8.21. The van der Waals surface area contributed by atoms with Crippen LogP contribution in [0.2, 0.25) is 0 Å². The van der Waals surface area contributed by atoms with Gasteiger partial charge in [0.1, 0.15) is 0 Å². The summed E-state index contributed by atoms with van der Waals surface area (Å²) in [7, 11) is 0. The van der Waals surface area contributed by atoms with E-state index in [-0.39, 0.29) is 5.78 Å². The topological polar surface area (TPSA) is 17.1 Å². The van der Waals surface area contributed by atoms with Gasteiger partial charge in [-0.15, -0.1) is 0 Å². The van der Waals surface area contributed by atoms with Crippen LogP contribution in [-0.2, 0) is 4.79 Å². The van der Waals surface area contributed by atoms with Gasteiger partial charge in [0.25, 0.3) is 0 Å². The van der Waals surface area contributed by atoms with E-state index in [0.29, 0.717) is 5.92 Å². The Balaban J connectivity index is 3.83. The van der Waals surface area contributed by atoms with Crippen LogP contribution < -0.4 is 0 Å². The highest BCUT2D eigenvalue weighted by Crippen LogP contribution is 2.01. The first-order valence-electron chi connectivity index (χ1n) is 4.59. The Morgan fingerprint density at radius 2 is 2.00 bits per heavy atom. The molecule has 0 radical (unpaired) electrons. The van der Waals surface area contributed by atoms with Crippen LogP contribution in [0, 0.1) is 5.92 Å². The van der Waals surface area contributed by atoms with Crippen LogP contribution in [-0.4, -0.2) is 5.78 Å². The maximum atomic E-state index is 11.0. The van der Waals surface area contributed by atoms with E-state index >= 15 is 0 Å². The van der Waals surface area contributed by atoms with Gasteiger partial charge in [0.05, 0.1) is 0 Å². The zero-order chi connectivity index (χ0) is 9.40. The lowest BCUT2D eigenvalue weighted by Crippen LogP contribution is -1.89. The van der Waals surface area contributed by atoms with Gasteiger partial charge < -0.3 is 0 Å². The number of carbonyl (C=O) groups excluding carboxylic acids is 1. The molecule has 68 valence electrons. The molecule has 0 rings (SSSR count). The average Bonchev–Trinajstić information content (AvgIpc) is 2.10. The van der Waals surface area contributed by atoms with Crippen LogP contribution in [0.15, 0.2) is 24.3 Å². The van der Waals surface area contributed by atoms with Gasteiger partial charge in [-0.3, -0.25) is 4.79 Å². The summed E-state index contributed by atoms with van der Waals surface area (Å²) < 4.78 is 0. The van der Waals surface area contributed by atoms with Crippen molar-refractivity contribution in [3.8, 4) is 0 Å². The van der Waals surface area contributed by atoms with Gasteiger partial charge >= 0.3 is 0 Å². The van der Waals surface area contributed by atoms with E-state index in [0.717, 1.165) is 12.8 Å². The van der Waals surface area contributed by atoms with Crippen molar-refractivity contribution in [3.05, 3.63) is 24.3 Å². The van der Waals surface area contributed by atoms with Crippen LogP contribution in [0.3, 0.4) is 0 Å². The van der Waals surface area contributed by atoms with E-state index in [1.807, 2.05) is 19.1 Å². The van der Waals surface area contributed by atoms with Crippen molar-refractivity contribution in [2.24, 2.45) is 5.92 Å². The molecule has 0 aromatic carbocycles. The normalized spacial score (nSPS) is 14.2. The molecule has 0 aliphatic carbocycles. The largest absolute Gasteiger partial charge is 0.290 e. The molecule has 0 aromatic rings. The molecular formula is C11H18O. The molecule has 0 saturated carbocycles. The Bertz CT molecular complexity index is 177. The molecule has 0 saturated heterocycles. The second kappa shape index (κ2) is 6.84. The van der Waals surface area contributed by atoms with Gasteiger partial charge in [-0.25, -0.2) is 0 Å². The fourth-order valence-corrected chi connectivity index (χ4v) is 0.685. The molecule has 0 bridgehead atoms. The van der Waals surface area contributed by atoms with E-state index in [1.165, 1.54) is 0 Å². The van der Waals surface area contributed by atoms with Crippen molar-refractivity contribution >= 4 is 5.78 Å². The third kappa shape index (κ3) is 5.90. The van der Waals surface area contributed by atoms with E-state index in [9.17, 15) is 4.79 Å². The van der Waals surface area contributed by atoms with Crippen molar-refractivity contribution in [2.75, 3.05) is 0 Å². The number of rotatable bonds is 5. The molecule has 0 aliphatic heterocycles. The van der Waals surface area contributed by atoms with Crippen molar-refractivity contribution < 1.29 is 4.79 Å². The standard InChI is InChI=1S/C11H18O/c1-4-6-7-11(12)9-8-10(3)5-2/h6-10H,4-5H2,1-3H3/b7-6+,9-8-. The molecule has 0 aromatic heterocycles. The molecule has 1 unspecified atom stereocenters. The average molecular weight is 166 g/mol. The summed E-state index contributed by atoms with van der Waals surface area (Å²) in [6, 6.07) is 0. The summed E-state index contributed by atoms with van der Waals surface area (Å²) in [6.45, 7) is 6.23. The molecule has 0 amide bonds. The first-order valence-corrected chi connectivity index (χ1v) is 4.59. The molecule has 0 N–H and O–H groups in total. The first kappa shape index (κ1) is 11.2. The van der Waals surface area contributed by atoms with Gasteiger partial charge in [0.2, 0.25) is 0 Å². The highest BCUT2D eigenvalue weighted by Gasteiger charge is 1.92. The smallest absolute Gasteiger partial charge is 0.178 e. The Morgan fingerprint density at radius 1 is 1.33 bits per heavy atom. The predicted molar refractivity (Wildman–Crippen MR) is 53.0 cm³/mol. The lowest BCUT2D eigenvalue weighted by Gasteiger charge is -1.97. The molecule has 1 heteroatoms. The molecular weight excluding hydrogens is 148 g/mol. The zero-order valence-electron chi connectivity index (χ0n) is 8.21.